The van der Waals surface area contributed by atoms with Gasteiger partial charge in [0, 0.05) is 0 Å². The van der Waals surface area contributed by atoms with Gasteiger partial charge >= 0.3 is 0 Å². The lowest BCUT2D eigenvalue weighted by atomic mass is 9.63. The van der Waals surface area contributed by atoms with Crippen LogP contribution in [0.3, 0.4) is 0 Å². The van der Waals surface area contributed by atoms with Gasteiger partial charge in [-0.1, -0.05) is 26.0 Å². The fourth-order valence-electron chi connectivity index (χ4n) is 2.95. The Balaban J connectivity index is 2.07. The Morgan fingerprint density at radius 3 is 2.11 bits per heavy atom. The van der Waals surface area contributed by atoms with Gasteiger partial charge in [-0.15, -0.1) is 0 Å². The molecule has 0 radical (unpaired) electrons. The van der Waals surface area contributed by atoms with E-state index in [1.165, 1.54) is 31.2 Å². The van der Waals surface area contributed by atoms with E-state index in [1.54, 1.807) is 12.1 Å². The van der Waals surface area contributed by atoms with Gasteiger partial charge in [0.05, 0.1) is 0 Å². The van der Waals surface area contributed by atoms with Crippen molar-refractivity contribution >= 4 is 0 Å². The summed E-state index contributed by atoms with van der Waals surface area (Å²) in [5, 5.41) is 0. The minimum Gasteiger partial charge on any atom is -0.330 e. The number of rotatable bonds is 3. The highest BCUT2D eigenvalue weighted by atomic mass is 19.1. The van der Waals surface area contributed by atoms with Crippen molar-refractivity contribution in [3.63, 3.8) is 0 Å². The van der Waals surface area contributed by atoms with Crippen molar-refractivity contribution in [3.05, 3.63) is 35.6 Å². The molecule has 2 heteroatoms. The fourth-order valence-corrected chi connectivity index (χ4v) is 2.95. The molecule has 0 bridgehead atoms. The molecule has 1 fully saturated rings. The minimum absolute atomic E-state index is 0.162. The van der Waals surface area contributed by atoms with Gasteiger partial charge in [0.2, 0.25) is 0 Å². The summed E-state index contributed by atoms with van der Waals surface area (Å²) >= 11 is 0. The molecule has 0 unspecified atom stereocenters. The van der Waals surface area contributed by atoms with E-state index in [2.05, 4.69) is 13.8 Å². The third-order valence-electron chi connectivity index (χ3n) is 4.59. The molecule has 0 heterocycles. The van der Waals surface area contributed by atoms with E-state index in [9.17, 15) is 4.39 Å². The summed E-state index contributed by atoms with van der Waals surface area (Å²) in [6.07, 6.45) is 5.85. The topological polar surface area (TPSA) is 26.0 Å². The Morgan fingerprint density at radius 1 is 1.06 bits per heavy atom. The number of halogens is 1. The quantitative estimate of drug-likeness (QED) is 0.863. The third kappa shape index (κ3) is 3.11. The Morgan fingerprint density at radius 2 is 1.61 bits per heavy atom. The number of benzene rings is 1. The Bertz CT molecular complexity index is 384. The van der Waals surface area contributed by atoms with Crippen LogP contribution >= 0.6 is 0 Å². The molecule has 0 aromatic heterocycles. The maximum atomic E-state index is 12.9. The van der Waals surface area contributed by atoms with E-state index in [0.717, 1.165) is 13.0 Å². The van der Waals surface area contributed by atoms with E-state index < -0.39 is 0 Å². The van der Waals surface area contributed by atoms with Crippen molar-refractivity contribution in [2.45, 2.75) is 46.0 Å². The molecule has 1 nitrogen and oxygen atoms in total. The zero-order valence-electron chi connectivity index (χ0n) is 11.5. The summed E-state index contributed by atoms with van der Waals surface area (Å²) < 4.78 is 12.9. The monoisotopic (exact) mass is 249 g/mol. The molecule has 0 amide bonds. The van der Waals surface area contributed by atoms with Crippen molar-refractivity contribution in [1.29, 1.82) is 0 Å². The van der Waals surface area contributed by atoms with E-state index >= 15 is 0 Å². The van der Waals surface area contributed by atoms with Crippen LogP contribution in [0.4, 0.5) is 4.39 Å². The first kappa shape index (κ1) is 13.5. The van der Waals surface area contributed by atoms with E-state index in [-0.39, 0.29) is 11.2 Å². The highest BCUT2D eigenvalue weighted by Crippen LogP contribution is 2.46. The molecule has 0 spiro atoms. The fraction of sp³-hybridized carbons (Fsp3) is 0.625. The summed E-state index contributed by atoms with van der Waals surface area (Å²) in [4.78, 5) is 0. The second-order valence-corrected chi connectivity index (χ2v) is 6.67. The summed E-state index contributed by atoms with van der Waals surface area (Å²) in [6.45, 7) is 5.41. The largest absolute Gasteiger partial charge is 0.330 e. The first-order valence-corrected chi connectivity index (χ1v) is 6.89. The maximum Gasteiger partial charge on any atom is 0.123 e. The van der Waals surface area contributed by atoms with E-state index in [4.69, 9.17) is 5.73 Å². The van der Waals surface area contributed by atoms with Gasteiger partial charge in [-0.05, 0) is 67.2 Å². The van der Waals surface area contributed by atoms with Gasteiger partial charge in [0.25, 0.3) is 0 Å². The van der Waals surface area contributed by atoms with Gasteiger partial charge in [-0.25, -0.2) is 4.39 Å². The van der Waals surface area contributed by atoms with Gasteiger partial charge in [-0.2, -0.15) is 0 Å². The van der Waals surface area contributed by atoms with Gasteiger partial charge in [0.1, 0.15) is 5.82 Å². The molecule has 1 aromatic rings. The molecule has 0 saturated heterocycles. The predicted molar refractivity (Wildman–Crippen MR) is 73.8 cm³/mol. The number of hydrogen-bond acceptors (Lipinski definition) is 1. The zero-order chi connectivity index (χ0) is 13.2. The molecule has 1 aromatic carbocycles. The maximum absolute atomic E-state index is 12.9. The first-order valence-electron chi connectivity index (χ1n) is 6.89. The molecule has 1 saturated carbocycles. The molecule has 1 aliphatic carbocycles. The SMILES string of the molecule is CC1(C)CCC(CN)(Cc2ccc(F)cc2)CC1. The molecule has 18 heavy (non-hydrogen) atoms. The van der Waals surface area contributed by atoms with Crippen molar-refractivity contribution in [3.8, 4) is 0 Å². The molecule has 0 aliphatic heterocycles. The normalized spacial score (nSPS) is 21.8. The molecule has 100 valence electrons. The van der Waals surface area contributed by atoms with Crippen LogP contribution in [0.5, 0.6) is 0 Å². The molecule has 2 N–H and O–H groups in total. The number of hydrogen-bond donors (Lipinski definition) is 1. The van der Waals surface area contributed by atoms with Crippen LogP contribution in [0.1, 0.15) is 45.1 Å². The standard InChI is InChI=1S/C16H24FN/c1-15(2)7-9-16(12-18,10-8-15)11-13-3-5-14(17)6-4-13/h3-6H,7-12,18H2,1-2H3. The second kappa shape index (κ2) is 5.00. The Hall–Kier alpha value is -0.890. The van der Waals surface area contributed by atoms with Gasteiger partial charge in [-0.3, -0.25) is 0 Å². The Kier molecular flexibility index (Phi) is 3.76. The summed E-state index contributed by atoms with van der Waals surface area (Å²) in [6, 6.07) is 6.89. The van der Waals surface area contributed by atoms with Crippen molar-refractivity contribution < 1.29 is 4.39 Å². The van der Waals surface area contributed by atoms with Crippen molar-refractivity contribution in [2.24, 2.45) is 16.6 Å². The predicted octanol–water partition coefficient (Wildman–Crippen LogP) is 3.91. The molecule has 0 atom stereocenters. The highest BCUT2D eigenvalue weighted by Gasteiger charge is 2.37. The third-order valence-corrected chi connectivity index (χ3v) is 4.59. The summed E-state index contributed by atoms with van der Waals surface area (Å²) in [5.41, 5.74) is 7.93. The summed E-state index contributed by atoms with van der Waals surface area (Å²) in [7, 11) is 0. The van der Waals surface area contributed by atoms with Crippen molar-refractivity contribution in [1.82, 2.24) is 0 Å². The Labute approximate surface area is 110 Å². The molecular weight excluding hydrogens is 225 g/mol. The highest BCUT2D eigenvalue weighted by molar-refractivity contribution is 5.18. The average Bonchev–Trinajstić information content (AvgIpc) is 2.35. The number of nitrogens with two attached hydrogens (primary N) is 1. The smallest absolute Gasteiger partial charge is 0.123 e. The van der Waals surface area contributed by atoms with E-state index in [0.29, 0.717) is 5.41 Å². The summed E-state index contributed by atoms with van der Waals surface area (Å²) in [5.74, 6) is -0.162. The van der Waals surface area contributed by atoms with Crippen LogP contribution in [0, 0.1) is 16.6 Å². The minimum atomic E-state index is -0.162. The van der Waals surface area contributed by atoms with Crippen LogP contribution in [-0.2, 0) is 6.42 Å². The van der Waals surface area contributed by atoms with Crippen LogP contribution in [-0.4, -0.2) is 6.54 Å². The second-order valence-electron chi connectivity index (χ2n) is 6.67. The molecule has 2 rings (SSSR count). The van der Waals surface area contributed by atoms with Crippen molar-refractivity contribution in [2.75, 3.05) is 6.54 Å². The lowest BCUT2D eigenvalue weighted by Gasteiger charge is -2.43. The first-order chi connectivity index (χ1) is 8.45. The zero-order valence-corrected chi connectivity index (χ0v) is 11.5. The van der Waals surface area contributed by atoms with Crippen LogP contribution in [0.15, 0.2) is 24.3 Å². The van der Waals surface area contributed by atoms with E-state index in [1.807, 2.05) is 12.1 Å². The van der Waals surface area contributed by atoms with Crippen LogP contribution in [0.25, 0.3) is 0 Å². The van der Waals surface area contributed by atoms with Gasteiger partial charge in [0.15, 0.2) is 0 Å². The van der Waals surface area contributed by atoms with Crippen LogP contribution in [0.2, 0.25) is 0 Å². The molecule has 1 aliphatic rings. The lowest BCUT2D eigenvalue weighted by Crippen LogP contribution is -2.38. The molecular formula is C16H24FN. The lowest BCUT2D eigenvalue weighted by molar-refractivity contribution is 0.108. The average molecular weight is 249 g/mol. The van der Waals surface area contributed by atoms with Gasteiger partial charge < -0.3 is 5.73 Å². The van der Waals surface area contributed by atoms with Crippen LogP contribution < -0.4 is 5.73 Å².